The smallest absolute Gasteiger partial charge is 0.264 e. The van der Waals surface area contributed by atoms with Gasteiger partial charge in [-0.15, -0.1) is 0 Å². The first kappa shape index (κ1) is 22.9. The molecule has 37 heavy (non-hydrogen) atoms. The Morgan fingerprint density at radius 2 is 1.97 bits per heavy atom. The molecule has 1 fully saturated rings. The quantitative estimate of drug-likeness (QED) is 0.367. The van der Waals surface area contributed by atoms with Gasteiger partial charge in [0.25, 0.3) is 6.43 Å². The summed E-state index contributed by atoms with van der Waals surface area (Å²) in [6.45, 7) is 0.366. The number of aliphatic hydroxyl groups is 2. The molecule has 0 bridgehead atoms. The lowest BCUT2D eigenvalue weighted by molar-refractivity contribution is -0.0497. The van der Waals surface area contributed by atoms with Crippen LogP contribution in [0.2, 0.25) is 0 Å². The van der Waals surface area contributed by atoms with E-state index in [1.54, 1.807) is 4.90 Å². The Kier molecular flexibility index (Phi) is 7.37. The van der Waals surface area contributed by atoms with Crippen LogP contribution in [0.1, 0.15) is 21.7 Å². The van der Waals surface area contributed by atoms with Gasteiger partial charge in [0, 0.05) is 48.8 Å². The first-order chi connectivity index (χ1) is 19.0. The van der Waals surface area contributed by atoms with Crippen LogP contribution in [0.5, 0.6) is 5.75 Å². The third-order valence-electron chi connectivity index (χ3n) is 6.65. The minimum Gasteiger partial charge on any atom is -0.494 e. The number of alkyl halides is 2. The normalized spacial score (nSPS) is 20.3. The molecule has 0 amide bonds. The molecule has 1 aliphatic rings. The zero-order valence-corrected chi connectivity index (χ0v) is 19.8. The van der Waals surface area contributed by atoms with Crippen molar-refractivity contribution in [2.75, 3.05) is 25.0 Å². The van der Waals surface area contributed by atoms with Crippen molar-refractivity contribution in [3.63, 3.8) is 0 Å². The Hall–Kier alpha value is -3.21. The summed E-state index contributed by atoms with van der Waals surface area (Å²) in [5.41, 5.74) is 1.34. The van der Waals surface area contributed by atoms with Crippen LogP contribution in [0, 0.1) is 17.6 Å². The fraction of sp³-hybridized carbons (Fsp3) is 0.370. The Morgan fingerprint density at radius 3 is 2.68 bits per heavy atom. The maximum atomic E-state index is 14.8. The molecular weight excluding hydrogens is 490 g/mol. The van der Waals surface area contributed by atoms with Crippen LogP contribution in [-0.4, -0.2) is 53.9 Å². The molecule has 4 rings (SSSR count). The van der Waals surface area contributed by atoms with Crippen LogP contribution in [0.15, 0.2) is 54.7 Å². The fourth-order valence-electron chi connectivity index (χ4n) is 4.68. The molecule has 1 unspecified atom stereocenters. The standard InChI is InChI=1S/C27H29F4N3O3/c1-37-25-11-20(28)18(10-21(25)29)23-9-17(15-35)24(13-33-23)34-8-7-22(19(14-34)26(36)27(30)31)32-12-16-5-3-2-4-6-16/h2-6,9-11,13,19,22,26-27,32,35-36H,7-8,12,14-15H2,1H3/t19?,22-,26+/m1/s1/i1D3. The number of rotatable bonds is 9. The number of pyridine rings is 1. The van der Waals surface area contributed by atoms with E-state index in [1.165, 1.54) is 12.3 Å². The number of aliphatic hydroxyl groups excluding tert-OH is 2. The summed E-state index contributed by atoms with van der Waals surface area (Å²) in [6.07, 6.45) is -3.11. The topological polar surface area (TPSA) is 77.9 Å². The third-order valence-corrected chi connectivity index (χ3v) is 6.65. The van der Waals surface area contributed by atoms with Gasteiger partial charge in [-0.1, -0.05) is 30.3 Å². The van der Waals surface area contributed by atoms with Crippen molar-refractivity contribution in [3.05, 3.63) is 77.5 Å². The molecule has 10 heteroatoms. The van der Waals surface area contributed by atoms with Crippen molar-refractivity contribution in [3.8, 4) is 17.0 Å². The Balaban J connectivity index is 1.56. The van der Waals surface area contributed by atoms with Gasteiger partial charge in [-0.25, -0.2) is 17.6 Å². The van der Waals surface area contributed by atoms with Crippen LogP contribution in [-0.2, 0) is 13.2 Å². The average molecular weight is 523 g/mol. The van der Waals surface area contributed by atoms with Crippen LogP contribution < -0.4 is 15.0 Å². The first-order valence-electron chi connectivity index (χ1n) is 13.2. The molecular formula is C27H29F4N3O3. The van der Waals surface area contributed by atoms with Gasteiger partial charge in [-0.2, -0.15) is 0 Å². The van der Waals surface area contributed by atoms with E-state index >= 15 is 0 Å². The molecule has 0 radical (unpaired) electrons. The van der Waals surface area contributed by atoms with Gasteiger partial charge in [0.2, 0.25) is 0 Å². The van der Waals surface area contributed by atoms with Gasteiger partial charge in [-0.05, 0) is 24.1 Å². The summed E-state index contributed by atoms with van der Waals surface area (Å²) in [6, 6.07) is 11.7. The van der Waals surface area contributed by atoms with Gasteiger partial charge >= 0.3 is 0 Å². The van der Waals surface area contributed by atoms with E-state index in [1.807, 2.05) is 30.3 Å². The van der Waals surface area contributed by atoms with Crippen molar-refractivity contribution in [1.82, 2.24) is 10.3 Å². The summed E-state index contributed by atoms with van der Waals surface area (Å²) < 4.78 is 82.2. The zero-order chi connectivity index (χ0) is 29.0. The molecule has 3 aromatic rings. The van der Waals surface area contributed by atoms with E-state index in [4.69, 9.17) is 4.11 Å². The van der Waals surface area contributed by atoms with E-state index in [9.17, 15) is 27.8 Å². The number of hydrogen-bond acceptors (Lipinski definition) is 6. The van der Waals surface area contributed by atoms with Crippen LogP contribution in [0.4, 0.5) is 23.2 Å². The molecule has 1 aromatic heterocycles. The van der Waals surface area contributed by atoms with Gasteiger partial charge in [-0.3, -0.25) is 4.98 Å². The molecule has 0 aliphatic carbocycles. The van der Waals surface area contributed by atoms with E-state index in [0.717, 1.165) is 11.6 Å². The predicted octanol–water partition coefficient (Wildman–Crippen LogP) is 4.14. The van der Waals surface area contributed by atoms with E-state index in [-0.39, 0.29) is 23.4 Å². The number of nitrogens with one attached hydrogen (secondary N) is 1. The summed E-state index contributed by atoms with van der Waals surface area (Å²) in [5, 5.41) is 23.7. The largest absolute Gasteiger partial charge is 0.494 e. The van der Waals surface area contributed by atoms with Crippen molar-refractivity contribution in [1.29, 1.82) is 0 Å². The van der Waals surface area contributed by atoms with Gasteiger partial charge < -0.3 is 25.2 Å². The summed E-state index contributed by atoms with van der Waals surface area (Å²) >= 11 is 0. The zero-order valence-electron chi connectivity index (χ0n) is 22.8. The minimum absolute atomic E-state index is 0.0341. The van der Waals surface area contributed by atoms with Gasteiger partial charge in [0.05, 0.1) is 35.3 Å². The first-order valence-corrected chi connectivity index (χ1v) is 11.7. The van der Waals surface area contributed by atoms with E-state index < -0.39 is 55.5 Å². The average Bonchev–Trinajstić information content (AvgIpc) is 2.92. The molecule has 1 saturated heterocycles. The molecule has 0 saturated carbocycles. The summed E-state index contributed by atoms with van der Waals surface area (Å²) in [5.74, 6) is -3.73. The van der Waals surface area contributed by atoms with Crippen molar-refractivity contribution in [2.24, 2.45) is 5.92 Å². The second kappa shape index (κ2) is 11.9. The molecule has 2 heterocycles. The van der Waals surface area contributed by atoms with Gasteiger partial charge in [0.1, 0.15) is 11.9 Å². The van der Waals surface area contributed by atoms with Crippen LogP contribution in [0.3, 0.4) is 0 Å². The maximum absolute atomic E-state index is 14.8. The summed E-state index contributed by atoms with van der Waals surface area (Å²) in [4.78, 5) is 5.93. The van der Waals surface area contributed by atoms with Crippen molar-refractivity contribution >= 4 is 5.69 Å². The Bertz CT molecular complexity index is 1300. The van der Waals surface area contributed by atoms with Crippen LogP contribution >= 0.6 is 0 Å². The summed E-state index contributed by atoms with van der Waals surface area (Å²) in [7, 11) is -2.97. The SMILES string of the molecule is [2H]C([2H])([2H])Oc1cc(F)c(-c2cc(CO)c(N3CC[C@@H](NCc4ccccc4)C([C@H](O)C(F)F)C3)cn2)cc1F. The Labute approximate surface area is 216 Å². The number of anilines is 1. The molecule has 1 aliphatic heterocycles. The number of benzene rings is 2. The lowest BCUT2D eigenvalue weighted by atomic mass is 9.86. The molecule has 6 nitrogen and oxygen atoms in total. The van der Waals surface area contributed by atoms with E-state index in [2.05, 4.69) is 15.0 Å². The number of ether oxygens (including phenoxy) is 1. The highest BCUT2D eigenvalue weighted by molar-refractivity contribution is 5.66. The number of piperidine rings is 1. The Morgan fingerprint density at radius 1 is 1.19 bits per heavy atom. The monoisotopic (exact) mass is 522 g/mol. The lowest BCUT2D eigenvalue weighted by Crippen LogP contribution is -2.55. The van der Waals surface area contributed by atoms with Crippen molar-refractivity contribution < 1.29 is 36.6 Å². The predicted molar refractivity (Wildman–Crippen MR) is 131 cm³/mol. The number of nitrogens with zero attached hydrogens (tertiary/aromatic N) is 2. The number of halogens is 4. The maximum Gasteiger partial charge on any atom is 0.264 e. The molecule has 3 atom stereocenters. The highest BCUT2D eigenvalue weighted by Crippen LogP contribution is 2.33. The van der Waals surface area contributed by atoms with E-state index in [0.29, 0.717) is 31.3 Å². The minimum atomic E-state index is -2.97. The number of aromatic nitrogens is 1. The molecule has 0 spiro atoms. The number of hydrogen-bond donors (Lipinski definition) is 3. The molecule has 2 aromatic carbocycles. The second-order valence-corrected chi connectivity index (χ2v) is 8.92. The highest BCUT2D eigenvalue weighted by Gasteiger charge is 2.38. The number of methoxy groups -OCH3 is 1. The lowest BCUT2D eigenvalue weighted by Gasteiger charge is -2.42. The van der Waals surface area contributed by atoms with Crippen LogP contribution in [0.25, 0.3) is 11.3 Å². The highest BCUT2D eigenvalue weighted by atomic mass is 19.3. The molecule has 3 N–H and O–H groups in total. The van der Waals surface area contributed by atoms with Gasteiger partial charge in [0.15, 0.2) is 11.6 Å². The third kappa shape index (κ3) is 6.03. The van der Waals surface area contributed by atoms with Crippen molar-refractivity contribution in [2.45, 2.75) is 38.1 Å². The molecule has 198 valence electrons. The fourth-order valence-corrected chi connectivity index (χ4v) is 4.68. The second-order valence-electron chi connectivity index (χ2n) is 8.92.